The molecule has 172 valence electrons. The summed E-state index contributed by atoms with van der Waals surface area (Å²) in [6.45, 7) is 9.95. The van der Waals surface area contributed by atoms with E-state index in [1.54, 1.807) is 13.2 Å². The lowest BCUT2D eigenvalue weighted by atomic mass is 9.36. The quantitative estimate of drug-likeness (QED) is 0.664. The van der Waals surface area contributed by atoms with Crippen molar-refractivity contribution in [2.24, 2.45) is 11.3 Å². The molecule has 6 aliphatic rings. The van der Waals surface area contributed by atoms with Gasteiger partial charge in [-0.15, -0.1) is 6.58 Å². The van der Waals surface area contributed by atoms with Crippen LogP contribution in [0, 0.1) is 11.3 Å². The fourth-order valence-electron chi connectivity index (χ4n) is 8.70. The second-order valence-electron chi connectivity index (χ2n) is 11.0. The minimum atomic E-state index is -0.873. The maximum atomic E-state index is 11.8. The van der Waals surface area contributed by atoms with E-state index in [-0.39, 0.29) is 28.6 Å². The van der Waals surface area contributed by atoms with Crippen LogP contribution in [0.4, 0.5) is 0 Å². The van der Waals surface area contributed by atoms with Gasteiger partial charge in [-0.25, -0.2) is 0 Å². The number of piperidine rings is 1. The number of aromatic hydroxyl groups is 1. The van der Waals surface area contributed by atoms with Crippen LogP contribution in [0.3, 0.4) is 0 Å². The Morgan fingerprint density at radius 3 is 2.91 bits per heavy atom. The Morgan fingerprint density at radius 1 is 1.38 bits per heavy atom. The molecule has 1 saturated carbocycles. The van der Waals surface area contributed by atoms with Crippen LogP contribution in [0.2, 0.25) is 0 Å². The molecule has 4 aliphatic carbocycles. The van der Waals surface area contributed by atoms with E-state index < -0.39 is 11.2 Å². The number of methoxy groups -OCH3 is 1. The SMILES string of the molecule is C=CCN1CC[C@]23c4c5ccc(O)c4O[C@H]2[C@@]2(OC)C=C[C@@]3(CC2[C@](C)(O)CCC)[C@H]1C5. The van der Waals surface area contributed by atoms with Crippen molar-refractivity contribution in [3.63, 3.8) is 0 Å². The summed E-state index contributed by atoms with van der Waals surface area (Å²) >= 11 is 0. The Bertz CT molecular complexity index is 1020. The number of rotatable bonds is 6. The minimum absolute atomic E-state index is 0.0905. The van der Waals surface area contributed by atoms with E-state index in [1.165, 1.54) is 11.1 Å². The van der Waals surface area contributed by atoms with Crippen LogP contribution in [0.15, 0.2) is 36.9 Å². The van der Waals surface area contributed by atoms with Crippen molar-refractivity contribution in [1.82, 2.24) is 4.90 Å². The summed E-state index contributed by atoms with van der Waals surface area (Å²) in [5.74, 6) is 0.776. The van der Waals surface area contributed by atoms with Crippen molar-refractivity contribution < 1.29 is 19.7 Å². The van der Waals surface area contributed by atoms with Gasteiger partial charge in [-0.1, -0.05) is 37.6 Å². The molecule has 2 spiro atoms. The second-order valence-corrected chi connectivity index (χ2v) is 11.0. The van der Waals surface area contributed by atoms with Gasteiger partial charge in [-0.05, 0) is 50.8 Å². The van der Waals surface area contributed by atoms with Crippen LogP contribution in [0.5, 0.6) is 11.5 Å². The highest BCUT2D eigenvalue weighted by Crippen LogP contribution is 2.75. The van der Waals surface area contributed by atoms with Gasteiger partial charge in [-0.2, -0.15) is 0 Å². The van der Waals surface area contributed by atoms with Crippen LogP contribution in [-0.4, -0.2) is 58.7 Å². The van der Waals surface area contributed by atoms with Gasteiger partial charge in [0, 0.05) is 36.6 Å². The van der Waals surface area contributed by atoms with Crippen LogP contribution in [0.25, 0.3) is 0 Å². The molecular formula is C27H35NO4. The van der Waals surface area contributed by atoms with Crippen LogP contribution in [-0.2, 0) is 16.6 Å². The standard InChI is InChI=1S/C27H35NO4/c1-5-9-24(3,30)19-16-25-10-11-27(19,31-4)23-26(25)12-14-28(13-6-2)20(25)15-17-7-8-18(29)22(32-23)21(17)26/h6-8,10-11,19-20,23,29-30H,2,5,9,12-16H2,1,3-4H3/t19?,20-,23-,24-,25-,26+,27-/m1/s1. The van der Waals surface area contributed by atoms with Gasteiger partial charge in [0.05, 0.1) is 11.0 Å². The number of nitrogens with zero attached hydrogens (tertiary/aromatic N) is 1. The molecule has 1 aromatic rings. The van der Waals surface area contributed by atoms with Gasteiger partial charge in [-0.3, -0.25) is 4.90 Å². The number of phenolic OH excluding ortho intramolecular Hbond substituents is 1. The Labute approximate surface area is 190 Å². The van der Waals surface area contributed by atoms with Crippen molar-refractivity contribution in [2.45, 2.75) is 74.7 Å². The maximum Gasteiger partial charge on any atom is 0.165 e. The molecule has 0 aromatic heterocycles. The molecule has 1 saturated heterocycles. The predicted octanol–water partition coefficient (Wildman–Crippen LogP) is 3.72. The van der Waals surface area contributed by atoms with Gasteiger partial charge < -0.3 is 19.7 Å². The summed E-state index contributed by atoms with van der Waals surface area (Å²) in [5.41, 5.74) is 0.465. The van der Waals surface area contributed by atoms with E-state index in [1.807, 2.05) is 13.0 Å². The van der Waals surface area contributed by atoms with Gasteiger partial charge in [0.1, 0.15) is 11.7 Å². The lowest BCUT2D eigenvalue weighted by Gasteiger charge is -2.72. The summed E-state index contributed by atoms with van der Waals surface area (Å²) in [7, 11) is 1.76. The molecule has 0 amide bonds. The van der Waals surface area contributed by atoms with Crippen molar-refractivity contribution in [2.75, 3.05) is 20.2 Å². The van der Waals surface area contributed by atoms with E-state index >= 15 is 0 Å². The van der Waals surface area contributed by atoms with Crippen LogP contribution < -0.4 is 4.74 Å². The highest BCUT2D eigenvalue weighted by molar-refractivity contribution is 5.65. The smallest absolute Gasteiger partial charge is 0.165 e. The Hall–Kier alpha value is -1.82. The number of aliphatic hydroxyl groups is 1. The normalized spacial score (nSPS) is 42.3. The fourth-order valence-corrected chi connectivity index (χ4v) is 8.70. The van der Waals surface area contributed by atoms with E-state index in [0.29, 0.717) is 11.8 Å². The maximum absolute atomic E-state index is 11.8. The van der Waals surface area contributed by atoms with Crippen molar-refractivity contribution >= 4 is 0 Å². The molecule has 5 nitrogen and oxygen atoms in total. The lowest BCUT2D eigenvalue weighted by Crippen LogP contribution is -2.80. The molecule has 32 heavy (non-hydrogen) atoms. The first-order chi connectivity index (χ1) is 15.3. The topological polar surface area (TPSA) is 62.2 Å². The zero-order chi connectivity index (χ0) is 22.5. The third-order valence-electron chi connectivity index (χ3n) is 9.79. The Balaban J connectivity index is 1.64. The number of phenols is 1. The Kier molecular flexibility index (Phi) is 4.15. The highest BCUT2D eigenvalue weighted by atomic mass is 16.6. The molecule has 7 atom stereocenters. The lowest BCUT2D eigenvalue weighted by molar-refractivity contribution is -0.248. The van der Waals surface area contributed by atoms with E-state index in [0.717, 1.165) is 45.2 Å². The highest BCUT2D eigenvalue weighted by Gasteiger charge is 2.80. The molecular weight excluding hydrogens is 402 g/mol. The first-order valence-electron chi connectivity index (χ1n) is 12.2. The predicted molar refractivity (Wildman–Crippen MR) is 123 cm³/mol. The third-order valence-corrected chi connectivity index (χ3v) is 9.79. The van der Waals surface area contributed by atoms with Crippen molar-refractivity contribution in [3.05, 3.63) is 48.1 Å². The fraction of sp³-hybridized carbons (Fsp3) is 0.630. The van der Waals surface area contributed by atoms with Gasteiger partial charge >= 0.3 is 0 Å². The first-order valence-corrected chi connectivity index (χ1v) is 12.2. The number of hydrogen-bond donors (Lipinski definition) is 2. The average molecular weight is 438 g/mol. The molecule has 1 aromatic carbocycles. The summed E-state index contributed by atoms with van der Waals surface area (Å²) in [6.07, 6.45) is 10.7. The van der Waals surface area contributed by atoms with Crippen molar-refractivity contribution in [1.29, 1.82) is 0 Å². The number of hydrogen-bond acceptors (Lipinski definition) is 5. The summed E-state index contributed by atoms with van der Waals surface area (Å²) in [5, 5.41) is 22.6. The average Bonchev–Trinajstić information content (AvgIpc) is 3.14. The molecule has 5 heteroatoms. The molecule has 1 unspecified atom stereocenters. The number of likely N-dealkylation sites (tertiary alicyclic amines) is 1. The largest absolute Gasteiger partial charge is 0.504 e. The zero-order valence-corrected chi connectivity index (χ0v) is 19.4. The van der Waals surface area contributed by atoms with E-state index in [9.17, 15) is 10.2 Å². The monoisotopic (exact) mass is 437 g/mol. The van der Waals surface area contributed by atoms with Gasteiger partial charge in [0.15, 0.2) is 11.5 Å². The summed E-state index contributed by atoms with van der Waals surface area (Å²) in [4.78, 5) is 2.57. The Morgan fingerprint density at radius 2 is 2.19 bits per heavy atom. The summed E-state index contributed by atoms with van der Waals surface area (Å²) in [6, 6.07) is 4.18. The number of ether oxygens (including phenoxy) is 2. The first kappa shape index (κ1) is 20.8. The number of benzene rings is 1. The van der Waals surface area contributed by atoms with Crippen molar-refractivity contribution in [3.8, 4) is 11.5 Å². The van der Waals surface area contributed by atoms with Gasteiger partial charge in [0.2, 0.25) is 0 Å². The number of fused-ring (bicyclic) bond motifs is 1. The minimum Gasteiger partial charge on any atom is -0.504 e. The summed E-state index contributed by atoms with van der Waals surface area (Å²) < 4.78 is 13.1. The van der Waals surface area contributed by atoms with Crippen LogP contribution >= 0.6 is 0 Å². The molecule has 2 aliphatic heterocycles. The molecule has 2 fully saturated rings. The molecule has 2 heterocycles. The molecule has 4 bridgehead atoms. The van der Waals surface area contributed by atoms with Gasteiger partial charge in [0.25, 0.3) is 0 Å². The second kappa shape index (κ2) is 6.40. The third kappa shape index (κ3) is 2.07. The molecule has 0 radical (unpaired) electrons. The van der Waals surface area contributed by atoms with E-state index in [2.05, 4.69) is 36.6 Å². The molecule has 2 N–H and O–H groups in total. The zero-order valence-electron chi connectivity index (χ0n) is 19.4. The van der Waals surface area contributed by atoms with E-state index in [4.69, 9.17) is 9.47 Å². The van der Waals surface area contributed by atoms with Crippen LogP contribution in [0.1, 0.15) is 50.7 Å². The molecule has 7 rings (SSSR count).